The number of carbonyl (C=O) groups is 4. The summed E-state index contributed by atoms with van der Waals surface area (Å²) in [6.07, 6.45) is 4.66. The van der Waals surface area contributed by atoms with E-state index in [-0.39, 0.29) is 49.1 Å². The van der Waals surface area contributed by atoms with E-state index in [9.17, 15) is 19.2 Å². The van der Waals surface area contributed by atoms with Gasteiger partial charge in [0.05, 0.1) is 7.11 Å². The number of carbonyl (C=O) groups excluding carboxylic acids is 3. The first-order valence-electron chi connectivity index (χ1n) is 19.9. The number of carboxylic acid groups (broad SMARTS) is 1. The average molecular weight is 977 g/mol. The Bertz CT molecular complexity index is 2800. The first-order chi connectivity index (χ1) is 31.3. The molecule has 0 unspecified atom stereocenters. The van der Waals surface area contributed by atoms with E-state index in [1.807, 2.05) is 48.6 Å². The largest absolute Gasteiger partial charge is 1.00 e. The van der Waals surface area contributed by atoms with Gasteiger partial charge in [-0.05, 0) is 143 Å². The predicted octanol–water partition coefficient (Wildman–Crippen LogP) is 8.63. The number of carboxylic acids is 1. The molecule has 0 spiro atoms. The minimum absolute atomic E-state index is 0. The van der Waals surface area contributed by atoms with Crippen LogP contribution in [0.2, 0.25) is 20.1 Å². The second-order valence-electron chi connectivity index (χ2n) is 14.8. The van der Waals surface area contributed by atoms with Crippen LogP contribution >= 0.6 is 46.4 Å². The van der Waals surface area contributed by atoms with Crippen LogP contribution in [-0.4, -0.2) is 54.4 Å². The number of benzene rings is 6. The molecule has 0 saturated carbocycles. The van der Waals surface area contributed by atoms with Gasteiger partial charge < -0.3 is 34.3 Å². The van der Waals surface area contributed by atoms with Gasteiger partial charge in [0.25, 0.3) is 0 Å². The van der Waals surface area contributed by atoms with Crippen molar-refractivity contribution in [3.05, 3.63) is 197 Å². The molecule has 0 saturated heterocycles. The van der Waals surface area contributed by atoms with Crippen LogP contribution < -0.4 is 37.8 Å². The Balaban J connectivity index is 0.000000244. The summed E-state index contributed by atoms with van der Waals surface area (Å²) in [6.45, 7) is 0.162. The molecule has 0 amide bonds. The number of allylic oxidation sites excluding steroid dienone is 2. The number of halogens is 4. The van der Waals surface area contributed by atoms with Crippen molar-refractivity contribution >= 4 is 82.1 Å². The standard InChI is InChI=1S/C26H20Cl2O5.C25H18Cl2O5.Li.H2O/c1-31-25(29)15-33-22-4-2-16(3-5-22)14-32-23-6-7-24-18(12-23)11-19(26(24)30)8-17-9-20(27)13-21(28)10-17;26-19-8-16(9-20(27)12-19)7-18-10-17-11-22(5-6-23(17)25(18)30)31-13-15-1-3-21(4-2-15)32-14-24(28)29;;/h2-10,12-13H,11,14-15H2,1H3;1-9,11-12H,10,13-14H2,(H,28,29);;1H2/q;;+1;/p-1/b19-8+;18-7+;;. The van der Waals surface area contributed by atoms with Crippen molar-refractivity contribution in [2.45, 2.75) is 26.1 Å². The third-order valence-corrected chi connectivity index (χ3v) is 10.9. The van der Waals surface area contributed by atoms with Gasteiger partial charge in [-0.2, -0.15) is 0 Å². The van der Waals surface area contributed by atoms with Crippen LogP contribution in [0.4, 0.5) is 0 Å². The molecule has 8 rings (SSSR count). The smallest absolute Gasteiger partial charge is 0.870 e. The van der Waals surface area contributed by atoms with Crippen molar-refractivity contribution in [3.63, 3.8) is 0 Å². The molecule has 0 aliphatic heterocycles. The number of aliphatic carboxylic acids is 1. The minimum atomic E-state index is -1.03. The van der Waals surface area contributed by atoms with Crippen LogP contribution in [0.25, 0.3) is 12.2 Å². The van der Waals surface area contributed by atoms with Crippen LogP contribution in [0.3, 0.4) is 0 Å². The summed E-state index contributed by atoms with van der Waals surface area (Å²) in [6, 6.07) is 35.6. The van der Waals surface area contributed by atoms with Gasteiger partial charge in [-0.25, -0.2) is 9.59 Å². The normalized spacial score (nSPS) is 13.3. The minimum Gasteiger partial charge on any atom is -0.870 e. The molecule has 0 heterocycles. The Morgan fingerprint density at radius 1 is 0.537 bits per heavy atom. The molecule has 0 atom stereocenters. The summed E-state index contributed by atoms with van der Waals surface area (Å²) in [4.78, 5) is 47.3. The number of fused-ring (bicyclic) bond motifs is 2. The fourth-order valence-electron chi connectivity index (χ4n) is 6.97. The monoisotopic (exact) mass is 974 g/mol. The van der Waals surface area contributed by atoms with E-state index in [0.717, 1.165) is 33.4 Å². The third-order valence-electron chi connectivity index (χ3n) is 10.0. The molecular weight excluding hydrogens is 937 g/mol. The Labute approximate surface area is 418 Å². The number of hydrogen-bond acceptors (Lipinski definition) is 10. The molecule has 2 N–H and O–H groups in total. The van der Waals surface area contributed by atoms with Gasteiger partial charge in [-0.15, -0.1) is 0 Å². The van der Waals surface area contributed by atoms with E-state index in [1.54, 1.807) is 84.9 Å². The van der Waals surface area contributed by atoms with E-state index in [0.29, 0.717) is 91.4 Å². The first-order valence-corrected chi connectivity index (χ1v) is 21.5. The Kier molecular flexibility index (Phi) is 18.7. The van der Waals surface area contributed by atoms with Gasteiger partial charge in [0.15, 0.2) is 24.8 Å². The zero-order valence-corrected chi connectivity index (χ0v) is 39.0. The Morgan fingerprint density at radius 2 is 0.910 bits per heavy atom. The van der Waals surface area contributed by atoms with Gasteiger partial charge in [0.2, 0.25) is 0 Å². The third kappa shape index (κ3) is 14.5. The number of methoxy groups -OCH3 is 1. The molecule has 0 fully saturated rings. The zero-order valence-electron chi connectivity index (χ0n) is 36.0. The fraction of sp³-hybridized carbons (Fsp3) is 0.137. The molecule has 0 aromatic heterocycles. The molecule has 2 aliphatic rings. The Morgan fingerprint density at radius 3 is 1.28 bits per heavy atom. The zero-order chi connectivity index (χ0) is 46.0. The van der Waals surface area contributed by atoms with Crippen LogP contribution in [-0.2, 0) is 40.4 Å². The maximum Gasteiger partial charge on any atom is 1.00 e. The van der Waals surface area contributed by atoms with E-state index < -0.39 is 11.9 Å². The van der Waals surface area contributed by atoms with Gasteiger partial charge in [-0.1, -0.05) is 70.7 Å². The number of rotatable bonds is 14. The van der Waals surface area contributed by atoms with Gasteiger partial charge >= 0.3 is 30.8 Å². The van der Waals surface area contributed by atoms with Crippen molar-refractivity contribution in [2.24, 2.45) is 0 Å². The predicted molar refractivity (Wildman–Crippen MR) is 252 cm³/mol. The molecule has 6 aromatic rings. The van der Waals surface area contributed by atoms with Crippen molar-refractivity contribution in [3.8, 4) is 23.0 Å². The number of ether oxygens (including phenoxy) is 5. The molecule has 16 heteroatoms. The van der Waals surface area contributed by atoms with Crippen LogP contribution in [0.1, 0.15) is 54.1 Å². The Hall–Kier alpha value is -6.00. The number of hydrogen-bond donors (Lipinski definition) is 1. The molecule has 11 nitrogen and oxygen atoms in total. The van der Waals surface area contributed by atoms with Crippen molar-refractivity contribution < 1.29 is 72.3 Å². The van der Waals surface area contributed by atoms with Crippen LogP contribution in [0.5, 0.6) is 23.0 Å². The molecule has 6 aromatic carbocycles. The molecule has 338 valence electrons. The second kappa shape index (κ2) is 24.1. The first kappa shape index (κ1) is 52.0. The summed E-state index contributed by atoms with van der Waals surface area (Å²) < 4.78 is 26.8. The van der Waals surface area contributed by atoms with Crippen molar-refractivity contribution in [1.29, 1.82) is 0 Å². The van der Waals surface area contributed by atoms with E-state index in [1.165, 1.54) is 7.11 Å². The molecule has 0 radical (unpaired) electrons. The van der Waals surface area contributed by atoms with Gasteiger partial charge in [0, 0.05) is 55.2 Å². The molecule has 67 heavy (non-hydrogen) atoms. The summed E-state index contributed by atoms with van der Waals surface area (Å²) >= 11 is 24.3. The number of ketones is 2. The summed E-state index contributed by atoms with van der Waals surface area (Å²) in [5, 5.41) is 10.7. The summed E-state index contributed by atoms with van der Waals surface area (Å²) in [5.41, 5.74) is 7.94. The average Bonchev–Trinajstić information content (AvgIpc) is 3.76. The van der Waals surface area contributed by atoms with E-state index in [2.05, 4.69) is 4.74 Å². The number of esters is 1. The molecular formula is C51H39Cl4LiO11. The van der Waals surface area contributed by atoms with Crippen LogP contribution in [0.15, 0.2) is 132 Å². The van der Waals surface area contributed by atoms with E-state index in [4.69, 9.17) is 70.5 Å². The topological polar surface area (TPSA) is 165 Å². The quantitative estimate of drug-likeness (QED) is 0.0631. The summed E-state index contributed by atoms with van der Waals surface area (Å²) in [5.74, 6) is 0.908. The molecule has 2 aliphatic carbocycles. The van der Waals surface area contributed by atoms with Crippen LogP contribution in [0, 0.1) is 0 Å². The van der Waals surface area contributed by atoms with Gasteiger partial charge in [-0.3, -0.25) is 9.59 Å². The molecule has 0 bridgehead atoms. The maximum absolute atomic E-state index is 12.8. The van der Waals surface area contributed by atoms with Crippen molar-refractivity contribution in [1.82, 2.24) is 0 Å². The second-order valence-corrected chi connectivity index (χ2v) is 16.6. The maximum atomic E-state index is 12.8. The summed E-state index contributed by atoms with van der Waals surface area (Å²) in [7, 11) is 1.31. The fourth-order valence-corrected chi connectivity index (χ4v) is 8.05. The van der Waals surface area contributed by atoms with Crippen molar-refractivity contribution in [2.75, 3.05) is 20.3 Å². The van der Waals surface area contributed by atoms with Gasteiger partial charge in [0.1, 0.15) is 36.2 Å². The number of Topliss-reactive ketones (excluding diaryl/α,β-unsaturated/α-hetero) is 2. The van der Waals surface area contributed by atoms with E-state index >= 15 is 0 Å². The SMILES string of the molecule is COC(=O)COc1ccc(COc2ccc3c(c2)C/C(=C\c2cc(Cl)cc(Cl)c2)C3=O)cc1.O=C(O)COc1ccc(COc2ccc3c(c2)C/C(=C\c2cc(Cl)cc(Cl)c2)C3=O)cc1.[Li+].[OH-].